The molecule has 1 amide bonds. The van der Waals surface area contributed by atoms with Gasteiger partial charge in [-0.15, -0.1) is 0 Å². The summed E-state index contributed by atoms with van der Waals surface area (Å²) in [5.74, 6) is 0.634. The van der Waals surface area contributed by atoms with Crippen LogP contribution >= 0.6 is 11.6 Å². The number of rotatable bonds is 6. The Morgan fingerprint density at radius 1 is 1.18 bits per heavy atom. The van der Waals surface area contributed by atoms with Gasteiger partial charge in [0.15, 0.2) is 0 Å². The van der Waals surface area contributed by atoms with Crippen molar-refractivity contribution < 1.29 is 13.2 Å². The van der Waals surface area contributed by atoms with E-state index in [4.69, 9.17) is 11.6 Å². The molecule has 0 spiro atoms. The first-order valence-electron chi connectivity index (χ1n) is 9.15. The van der Waals surface area contributed by atoms with E-state index in [1.807, 2.05) is 24.3 Å². The van der Waals surface area contributed by atoms with Crippen LogP contribution in [0.4, 0.5) is 0 Å². The lowest BCUT2D eigenvalue weighted by Gasteiger charge is -2.18. The highest BCUT2D eigenvalue weighted by atomic mass is 35.5. The molecule has 2 aromatic rings. The Morgan fingerprint density at radius 2 is 1.89 bits per heavy atom. The van der Waals surface area contributed by atoms with Crippen LogP contribution in [0.5, 0.6) is 0 Å². The van der Waals surface area contributed by atoms with E-state index in [2.05, 4.69) is 15.0 Å². The molecule has 2 aliphatic rings. The second-order valence-electron chi connectivity index (χ2n) is 7.02. The summed E-state index contributed by atoms with van der Waals surface area (Å²) in [6, 6.07) is 14.2. The van der Waals surface area contributed by atoms with Gasteiger partial charge in [0.25, 0.3) is 10.0 Å². The largest absolute Gasteiger partial charge is 0.349 e. The van der Waals surface area contributed by atoms with Crippen molar-refractivity contribution >= 4 is 33.4 Å². The van der Waals surface area contributed by atoms with Crippen LogP contribution in [0.15, 0.2) is 58.4 Å². The van der Waals surface area contributed by atoms with Crippen molar-refractivity contribution in [3.63, 3.8) is 0 Å². The van der Waals surface area contributed by atoms with E-state index in [0.29, 0.717) is 22.3 Å². The van der Waals surface area contributed by atoms with E-state index in [9.17, 15) is 13.2 Å². The quantitative estimate of drug-likeness (QED) is 0.757. The zero-order valence-corrected chi connectivity index (χ0v) is 16.6. The van der Waals surface area contributed by atoms with Gasteiger partial charge < -0.3 is 5.32 Å². The normalized spacial score (nSPS) is 19.7. The Kier molecular flexibility index (Phi) is 5.12. The summed E-state index contributed by atoms with van der Waals surface area (Å²) in [5, 5.41) is 3.75. The van der Waals surface area contributed by atoms with Crippen LogP contribution < -0.4 is 10.0 Å². The third kappa shape index (κ3) is 4.05. The van der Waals surface area contributed by atoms with Gasteiger partial charge in [-0.3, -0.25) is 14.5 Å². The van der Waals surface area contributed by atoms with Crippen molar-refractivity contribution in [1.82, 2.24) is 10.0 Å². The topological polar surface area (TPSA) is 87.6 Å². The Bertz CT molecular complexity index is 1030. The molecule has 8 heteroatoms. The van der Waals surface area contributed by atoms with Crippen LogP contribution in [0.25, 0.3) is 0 Å². The summed E-state index contributed by atoms with van der Waals surface area (Å²) in [6.07, 6.45) is 2.37. The number of benzene rings is 2. The molecule has 28 heavy (non-hydrogen) atoms. The average molecular weight is 418 g/mol. The summed E-state index contributed by atoms with van der Waals surface area (Å²) in [7, 11) is -3.56. The molecule has 4 rings (SSSR count). The van der Waals surface area contributed by atoms with Gasteiger partial charge in [-0.05, 0) is 48.6 Å². The number of hydrogen-bond donors (Lipinski definition) is 2. The van der Waals surface area contributed by atoms with Crippen LogP contribution in [-0.4, -0.2) is 26.7 Å². The van der Waals surface area contributed by atoms with Crippen LogP contribution in [0.1, 0.15) is 36.4 Å². The maximum absolute atomic E-state index is 12.4. The van der Waals surface area contributed by atoms with E-state index < -0.39 is 10.0 Å². The fourth-order valence-electron chi connectivity index (χ4n) is 3.34. The molecule has 1 heterocycles. The molecule has 1 fully saturated rings. The first-order chi connectivity index (χ1) is 13.4. The number of halogens is 1. The van der Waals surface area contributed by atoms with Crippen molar-refractivity contribution in [1.29, 1.82) is 0 Å². The van der Waals surface area contributed by atoms with Crippen LogP contribution in [0, 0.1) is 5.92 Å². The number of hydrogen-bond acceptors (Lipinski definition) is 4. The highest BCUT2D eigenvalue weighted by Gasteiger charge is 2.33. The smallest absolute Gasteiger partial charge is 0.263 e. The molecule has 0 saturated heterocycles. The Hall–Kier alpha value is -2.38. The minimum absolute atomic E-state index is 0.0249. The molecule has 1 aliphatic heterocycles. The van der Waals surface area contributed by atoms with Gasteiger partial charge in [0.1, 0.15) is 5.84 Å². The lowest BCUT2D eigenvalue weighted by Crippen LogP contribution is -2.30. The zero-order valence-electron chi connectivity index (χ0n) is 15.1. The predicted octanol–water partition coefficient (Wildman–Crippen LogP) is 3.04. The number of amidine groups is 1. The van der Waals surface area contributed by atoms with Crippen LogP contribution in [0.3, 0.4) is 0 Å². The van der Waals surface area contributed by atoms with Gasteiger partial charge in [-0.1, -0.05) is 35.9 Å². The molecule has 1 unspecified atom stereocenters. The Labute approximate surface area is 169 Å². The molecular weight excluding hydrogens is 398 g/mol. The average Bonchev–Trinajstić information content (AvgIpc) is 3.47. The number of fused-ring (bicyclic) bond motifs is 1. The first-order valence-corrected chi connectivity index (χ1v) is 11.0. The van der Waals surface area contributed by atoms with Gasteiger partial charge in [0.05, 0.1) is 17.5 Å². The van der Waals surface area contributed by atoms with Gasteiger partial charge in [0.2, 0.25) is 5.91 Å². The molecule has 146 valence electrons. The minimum atomic E-state index is -3.56. The van der Waals surface area contributed by atoms with Crippen molar-refractivity contribution in [2.24, 2.45) is 10.9 Å². The van der Waals surface area contributed by atoms with Crippen molar-refractivity contribution in [3.05, 3.63) is 64.7 Å². The van der Waals surface area contributed by atoms with Gasteiger partial charge >= 0.3 is 0 Å². The molecule has 6 nitrogen and oxygen atoms in total. The van der Waals surface area contributed by atoms with Crippen molar-refractivity contribution in [3.8, 4) is 0 Å². The number of sulfonamides is 1. The van der Waals surface area contributed by atoms with E-state index in [1.54, 1.807) is 24.3 Å². The van der Waals surface area contributed by atoms with Crippen molar-refractivity contribution in [2.75, 3.05) is 6.54 Å². The van der Waals surface area contributed by atoms with E-state index in [1.165, 1.54) is 0 Å². The third-order valence-electron chi connectivity index (χ3n) is 4.91. The number of nitrogens with zero attached hydrogens (tertiary/aromatic N) is 1. The molecule has 0 radical (unpaired) electrons. The highest BCUT2D eigenvalue weighted by molar-refractivity contribution is 7.90. The minimum Gasteiger partial charge on any atom is -0.349 e. The van der Waals surface area contributed by atoms with E-state index >= 15 is 0 Å². The van der Waals surface area contributed by atoms with Crippen molar-refractivity contribution in [2.45, 2.75) is 30.2 Å². The highest BCUT2D eigenvalue weighted by Crippen LogP contribution is 2.41. The Balaban J connectivity index is 1.39. The first kappa shape index (κ1) is 19.0. The number of carbonyl (C=O) groups is 1. The second-order valence-corrected chi connectivity index (χ2v) is 9.10. The van der Waals surface area contributed by atoms with Gasteiger partial charge in [-0.25, -0.2) is 8.42 Å². The second kappa shape index (κ2) is 7.56. The van der Waals surface area contributed by atoms with E-state index in [-0.39, 0.29) is 29.8 Å². The molecule has 0 bridgehead atoms. The van der Waals surface area contributed by atoms with Crippen LogP contribution in [-0.2, 0) is 14.8 Å². The predicted molar refractivity (Wildman–Crippen MR) is 108 cm³/mol. The molecule has 1 atom stereocenters. The standard InChI is InChI=1S/C20H20ClN3O3S/c21-15-9-7-14(8-10-15)19(13-5-6-13)23-18(25)11-12-22-20-16-3-1-2-4-17(16)28(26,27)24-20/h1-4,7-10,13,19H,5-6,11-12H2,(H,22,24)(H,23,25). The molecule has 2 aromatic carbocycles. The summed E-state index contributed by atoms with van der Waals surface area (Å²) in [6.45, 7) is 0.204. The summed E-state index contributed by atoms with van der Waals surface area (Å²) < 4.78 is 26.6. The number of nitrogens with one attached hydrogen (secondary N) is 2. The van der Waals surface area contributed by atoms with Gasteiger partial charge in [-0.2, -0.15) is 0 Å². The number of amides is 1. The summed E-state index contributed by atoms with van der Waals surface area (Å²) >= 11 is 5.95. The zero-order chi connectivity index (χ0) is 19.7. The fraction of sp³-hybridized carbons (Fsp3) is 0.300. The Morgan fingerprint density at radius 3 is 2.61 bits per heavy atom. The maximum atomic E-state index is 12.4. The van der Waals surface area contributed by atoms with Gasteiger partial charge in [0, 0.05) is 17.0 Å². The number of aliphatic imine (C=N–C) groups is 1. The molecule has 0 aromatic heterocycles. The monoisotopic (exact) mass is 417 g/mol. The lowest BCUT2D eigenvalue weighted by atomic mass is 10.0. The van der Waals surface area contributed by atoms with Crippen LogP contribution in [0.2, 0.25) is 5.02 Å². The molecular formula is C20H20ClN3O3S. The molecule has 1 aliphatic carbocycles. The van der Waals surface area contributed by atoms with E-state index in [0.717, 1.165) is 18.4 Å². The fourth-order valence-corrected chi connectivity index (χ4v) is 4.72. The summed E-state index contributed by atoms with van der Waals surface area (Å²) in [5.41, 5.74) is 1.59. The lowest BCUT2D eigenvalue weighted by molar-refractivity contribution is -0.121. The maximum Gasteiger partial charge on any atom is 0.263 e. The SMILES string of the molecule is O=C(CCN=C1NS(=O)(=O)c2ccccc21)NC(c1ccc(Cl)cc1)C1CC1. The molecule has 2 N–H and O–H groups in total. The summed E-state index contributed by atoms with van der Waals surface area (Å²) in [4.78, 5) is 16.9. The number of carbonyl (C=O) groups excluding carboxylic acids is 1. The molecule has 1 saturated carbocycles. The third-order valence-corrected chi connectivity index (χ3v) is 6.56.